The fourth-order valence-electron chi connectivity index (χ4n) is 2.78. The first-order chi connectivity index (χ1) is 9.23. The van der Waals surface area contributed by atoms with Crippen LogP contribution in [0.15, 0.2) is 16.8 Å². The monoisotopic (exact) mass is 265 g/mol. The Hall–Kier alpha value is -0.790. The smallest absolute Gasteiger partial charge is 0.142 e. The number of unbranched alkanes of at least 4 members (excludes halogenated alkanes) is 6. The second-order valence-corrected chi connectivity index (χ2v) is 6.06. The third-order valence-electron chi connectivity index (χ3n) is 4.20. The number of hydrogen-bond donors (Lipinski definition) is 0. The minimum Gasteiger partial charge on any atom is -0.361 e. The van der Waals surface area contributed by atoms with Gasteiger partial charge in [0.1, 0.15) is 5.76 Å². The first-order valence-corrected chi connectivity index (χ1v) is 8.14. The van der Waals surface area contributed by atoms with Crippen molar-refractivity contribution in [3.8, 4) is 0 Å². The van der Waals surface area contributed by atoms with Crippen LogP contribution in [0.5, 0.6) is 0 Å². The Morgan fingerprint density at radius 3 is 1.95 bits per heavy atom. The predicted octanol–water partition coefficient (Wildman–Crippen LogP) is 5.87. The number of aromatic nitrogens is 1. The van der Waals surface area contributed by atoms with Crippen LogP contribution in [0.4, 0.5) is 0 Å². The van der Waals surface area contributed by atoms with E-state index in [0.717, 1.165) is 5.76 Å². The van der Waals surface area contributed by atoms with Crippen LogP contribution in [-0.4, -0.2) is 5.16 Å². The lowest BCUT2D eigenvalue weighted by molar-refractivity contribution is 0.263. The highest BCUT2D eigenvalue weighted by molar-refractivity contribution is 5.09. The van der Waals surface area contributed by atoms with Gasteiger partial charge in [0, 0.05) is 11.5 Å². The molecule has 0 aliphatic heterocycles. The molecular formula is C17H31NO. The molecule has 1 aromatic heterocycles. The van der Waals surface area contributed by atoms with Crippen LogP contribution < -0.4 is 0 Å². The highest BCUT2D eigenvalue weighted by atomic mass is 16.5. The molecule has 1 rings (SSSR count). The first-order valence-electron chi connectivity index (χ1n) is 8.14. The number of hydrogen-bond acceptors (Lipinski definition) is 2. The van der Waals surface area contributed by atoms with E-state index in [4.69, 9.17) is 4.52 Å². The van der Waals surface area contributed by atoms with Gasteiger partial charge in [0.2, 0.25) is 0 Å². The van der Waals surface area contributed by atoms with Crippen molar-refractivity contribution in [2.45, 2.75) is 90.4 Å². The van der Waals surface area contributed by atoms with Crippen molar-refractivity contribution in [2.75, 3.05) is 0 Å². The third-order valence-corrected chi connectivity index (χ3v) is 4.20. The van der Waals surface area contributed by atoms with Crippen LogP contribution in [0.3, 0.4) is 0 Å². The average molecular weight is 265 g/mol. The topological polar surface area (TPSA) is 26.0 Å². The Balaban J connectivity index is 2.47. The molecule has 2 heteroatoms. The maximum atomic E-state index is 5.46. The van der Waals surface area contributed by atoms with Gasteiger partial charge in [-0.25, -0.2) is 0 Å². The summed E-state index contributed by atoms with van der Waals surface area (Å²) in [5.74, 6) is 1.08. The summed E-state index contributed by atoms with van der Waals surface area (Å²) in [5, 5.41) is 3.90. The van der Waals surface area contributed by atoms with E-state index in [1.165, 1.54) is 64.2 Å². The number of nitrogens with zero attached hydrogens (tertiary/aromatic N) is 1. The van der Waals surface area contributed by atoms with Crippen molar-refractivity contribution in [2.24, 2.45) is 0 Å². The molecular weight excluding hydrogens is 234 g/mol. The van der Waals surface area contributed by atoms with Gasteiger partial charge in [0.05, 0.1) is 6.20 Å². The van der Waals surface area contributed by atoms with Crippen molar-refractivity contribution in [1.29, 1.82) is 0 Å². The van der Waals surface area contributed by atoms with E-state index in [1.807, 2.05) is 0 Å². The second kappa shape index (κ2) is 9.17. The Bertz CT molecular complexity index is 293. The predicted molar refractivity (Wildman–Crippen MR) is 81.4 cm³/mol. The lowest BCUT2D eigenvalue weighted by Crippen LogP contribution is -2.21. The van der Waals surface area contributed by atoms with Crippen molar-refractivity contribution < 1.29 is 4.52 Å². The summed E-state index contributed by atoms with van der Waals surface area (Å²) in [6, 6.07) is 2.06. The summed E-state index contributed by atoms with van der Waals surface area (Å²) in [7, 11) is 0. The molecule has 0 aromatic carbocycles. The van der Waals surface area contributed by atoms with E-state index in [1.54, 1.807) is 6.20 Å². The van der Waals surface area contributed by atoms with Crippen molar-refractivity contribution in [3.63, 3.8) is 0 Å². The molecule has 0 saturated carbocycles. The van der Waals surface area contributed by atoms with Gasteiger partial charge in [-0.3, -0.25) is 0 Å². The highest BCUT2D eigenvalue weighted by Crippen LogP contribution is 2.35. The zero-order valence-electron chi connectivity index (χ0n) is 13.1. The standard InChI is InChI=1S/C17H31NO/c1-4-6-8-10-13-17(3,14-11-9-7-5-2)16-12-15-18-19-16/h12,15H,4-11,13-14H2,1-3H3. The minimum atomic E-state index is 0.192. The van der Waals surface area contributed by atoms with E-state index in [2.05, 4.69) is 32.0 Å². The molecule has 0 N–H and O–H groups in total. The molecule has 0 unspecified atom stereocenters. The van der Waals surface area contributed by atoms with Gasteiger partial charge in [-0.15, -0.1) is 0 Å². The Labute approximate surface area is 119 Å². The first kappa shape index (κ1) is 16.3. The molecule has 19 heavy (non-hydrogen) atoms. The molecule has 0 aliphatic carbocycles. The van der Waals surface area contributed by atoms with Crippen molar-refractivity contribution in [3.05, 3.63) is 18.0 Å². The fourth-order valence-corrected chi connectivity index (χ4v) is 2.78. The van der Waals surface area contributed by atoms with Gasteiger partial charge >= 0.3 is 0 Å². The molecule has 1 heterocycles. The summed E-state index contributed by atoms with van der Waals surface area (Å²) < 4.78 is 5.46. The second-order valence-electron chi connectivity index (χ2n) is 6.06. The molecule has 2 nitrogen and oxygen atoms in total. The molecule has 0 bridgehead atoms. The van der Waals surface area contributed by atoms with Gasteiger partial charge in [-0.2, -0.15) is 0 Å². The largest absolute Gasteiger partial charge is 0.361 e. The van der Waals surface area contributed by atoms with E-state index >= 15 is 0 Å². The summed E-state index contributed by atoms with van der Waals surface area (Å²) in [6.45, 7) is 6.88. The highest BCUT2D eigenvalue weighted by Gasteiger charge is 2.29. The summed E-state index contributed by atoms with van der Waals surface area (Å²) in [5.41, 5.74) is 0.192. The van der Waals surface area contributed by atoms with Crippen LogP contribution in [0.2, 0.25) is 0 Å². The van der Waals surface area contributed by atoms with Crippen LogP contribution in [0, 0.1) is 0 Å². The molecule has 0 saturated heterocycles. The molecule has 0 spiro atoms. The zero-order valence-corrected chi connectivity index (χ0v) is 13.1. The Morgan fingerprint density at radius 1 is 0.947 bits per heavy atom. The van der Waals surface area contributed by atoms with Gasteiger partial charge < -0.3 is 4.52 Å². The molecule has 0 amide bonds. The molecule has 110 valence electrons. The molecule has 0 fully saturated rings. The summed E-state index contributed by atoms with van der Waals surface area (Å²) >= 11 is 0. The van der Waals surface area contributed by atoms with Crippen molar-refractivity contribution >= 4 is 0 Å². The fraction of sp³-hybridized carbons (Fsp3) is 0.824. The SMILES string of the molecule is CCCCCCC(C)(CCCCCC)c1ccno1. The van der Waals surface area contributed by atoms with Gasteiger partial charge in [0.15, 0.2) is 0 Å². The van der Waals surface area contributed by atoms with Crippen LogP contribution in [-0.2, 0) is 5.41 Å². The van der Waals surface area contributed by atoms with Crippen molar-refractivity contribution in [1.82, 2.24) is 5.16 Å². The lowest BCUT2D eigenvalue weighted by atomic mass is 9.77. The minimum absolute atomic E-state index is 0.192. The molecule has 1 aromatic rings. The van der Waals surface area contributed by atoms with E-state index in [-0.39, 0.29) is 5.41 Å². The third kappa shape index (κ3) is 5.80. The Kier molecular flexibility index (Phi) is 7.85. The molecule has 0 aliphatic rings. The zero-order chi connectivity index (χ0) is 14.0. The van der Waals surface area contributed by atoms with Crippen LogP contribution in [0.25, 0.3) is 0 Å². The van der Waals surface area contributed by atoms with E-state index in [0.29, 0.717) is 0 Å². The average Bonchev–Trinajstić information content (AvgIpc) is 2.95. The molecule has 0 radical (unpaired) electrons. The van der Waals surface area contributed by atoms with Crippen LogP contribution in [0.1, 0.15) is 90.7 Å². The molecule has 0 atom stereocenters. The van der Waals surface area contributed by atoms with E-state index < -0.39 is 0 Å². The maximum absolute atomic E-state index is 5.46. The van der Waals surface area contributed by atoms with Gasteiger partial charge in [0.25, 0.3) is 0 Å². The van der Waals surface area contributed by atoms with E-state index in [9.17, 15) is 0 Å². The van der Waals surface area contributed by atoms with Gasteiger partial charge in [-0.1, -0.05) is 77.3 Å². The summed E-state index contributed by atoms with van der Waals surface area (Å²) in [4.78, 5) is 0. The number of rotatable bonds is 11. The summed E-state index contributed by atoms with van der Waals surface area (Å²) in [6.07, 6.45) is 14.8. The lowest BCUT2D eigenvalue weighted by Gasteiger charge is -2.27. The normalized spacial score (nSPS) is 11.9. The quantitative estimate of drug-likeness (QED) is 0.467. The Morgan fingerprint density at radius 2 is 1.53 bits per heavy atom. The van der Waals surface area contributed by atoms with Gasteiger partial charge in [-0.05, 0) is 12.8 Å². The maximum Gasteiger partial charge on any atom is 0.142 e. The van der Waals surface area contributed by atoms with Crippen LogP contribution >= 0.6 is 0 Å².